The standard InChI is InChI=1S/2C25H38NOSi.Ni/c2*1-10-15-28(8,9)22-14-12-11-13-20(22)26-21-17-18(24(2,3)4)16-19(23(21)27)25(5,6)7;/h2*11-14,16-17,27H,10,15H2,1-9H3;/q2*-1;+2. The number of hydrogen-bond acceptors (Lipinski definition) is 2. The predicted octanol–water partition coefficient (Wildman–Crippen LogP) is 15.3. The third-order valence-corrected chi connectivity index (χ3v) is 18.3. The van der Waals surface area contributed by atoms with Crippen LogP contribution in [0.2, 0.25) is 38.3 Å². The Labute approximate surface area is 361 Å². The number of aromatic hydroxyl groups is 2. The molecule has 57 heavy (non-hydrogen) atoms. The number of hydrogen-bond donors (Lipinski definition) is 2. The summed E-state index contributed by atoms with van der Waals surface area (Å²) in [4.78, 5) is 0. The van der Waals surface area contributed by atoms with E-state index in [0.717, 1.165) is 22.5 Å². The zero-order valence-electron chi connectivity index (χ0n) is 38.9. The van der Waals surface area contributed by atoms with Gasteiger partial charge in [0.1, 0.15) is 11.5 Å². The second-order valence-electron chi connectivity index (χ2n) is 21.3. The van der Waals surface area contributed by atoms with Crippen LogP contribution < -0.4 is 10.4 Å². The van der Waals surface area contributed by atoms with Gasteiger partial charge in [0.25, 0.3) is 0 Å². The van der Waals surface area contributed by atoms with Gasteiger partial charge in [-0.3, -0.25) is 0 Å². The number of benzene rings is 4. The first-order valence-electron chi connectivity index (χ1n) is 20.9. The van der Waals surface area contributed by atoms with Crippen LogP contribution in [0.3, 0.4) is 0 Å². The average Bonchev–Trinajstić information content (AvgIpc) is 3.05. The summed E-state index contributed by atoms with van der Waals surface area (Å²) in [6.07, 6.45) is 2.37. The van der Waals surface area contributed by atoms with E-state index < -0.39 is 16.1 Å². The Hall–Kier alpha value is -2.99. The van der Waals surface area contributed by atoms with Gasteiger partial charge in [0, 0.05) is 0 Å². The van der Waals surface area contributed by atoms with Gasteiger partial charge in [0.15, 0.2) is 0 Å². The molecular weight excluding hydrogens is 775 g/mol. The first kappa shape index (κ1) is 50.2. The Morgan fingerprint density at radius 3 is 1.02 bits per heavy atom. The second kappa shape index (κ2) is 18.9. The van der Waals surface area contributed by atoms with Crippen LogP contribution in [0.15, 0.2) is 72.8 Å². The Balaban J connectivity index is 0.000000387. The monoisotopic (exact) mass is 850 g/mol. The Bertz CT molecular complexity index is 1800. The summed E-state index contributed by atoms with van der Waals surface area (Å²) >= 11 is 0. The van der Waals surface area contributed by atoms with Gasteiger partial charge >= 0.3 is 16.5 Å². The van der Waals surface area contributed by atoms with Crippen molar-refractivity contribution < 1.29 is 26.7 Å². The molecule has 0 radical (unpaired) electrons. The van der Waals surface area contributed by atoms with Crippen molar-refractivity contribution in [2.24, 2.45) is 0 Å². The molecule has 4 aromatic rings. The number of nitrogens with zero attached hydrogens (tertiary/aromatic N) is 2. The molecule has 0 spiro atoms. The zero-order valence-corrected chi connectivity index (χ0v) is 41.8. The smallest absolute Gasteiger partial charge is 0.655 e. The van der Waals surface area contributed by atoms with E-state index >= 15 is 0 Å². The van der Waals surface area contributed by atoms with E-state index in [0.29, 0.717) is 22.9 Å². The first-order chi connectivity index (χ1) is 25.5. The molecule has 0 aliphatic carbocycles. The molecule has 0 aliphatic heterocycles. The van der Waals surface area contributed by atoms with E-state index in [1.165, 1.54) is 46.4 Å². The Kier molecular flexibility index (Phi) is 16.7. The van der Waals surface area contributed by atoms with Crippen molar-refractivity contribution in [1.29, 1.82) is 0 Å². The molecule has 4 rings (SSSR count). The molecule has 0 unspecified atom stereocenters. The van der Waals surface area contributed by atoms with E-state index in [-0.39, 0.29) is 38.2 Å². The summed E-state index contributed by atoms with van der Waals surface area (Å²) in [5.74, 6) is 0.621. The molecule has 0 bridgehead atoms. The minimum Gasteiger partial charge on any atom is -0.655 e. The minimum atomic E-state index is -1.57. The fourth-order valence-electron chi connectivity index (χ4n) is 7.48. The maximum absolute atomic E-state index is 11.1. The Morgan fingerprint density at radius 2 is 0.754 bits per heavy atom. The molecule has 0 amide bonds. The molecule has 0 fully saturated rings. The van der Waals surface area contributed by atoms with Crippen LogP contribution in [0.5, 0.6) is 11.5 Å². The molecule has 7 heteroatoms. The van der Waals surface area contributed by atoms with Crippen LogP contribution in [0, 0.1) is 0 Å². The summed E-state index contributed by atoms with van der Waals surface area (Å²) in [5.41, 5.74) is 7.41. The number of phenols is 2. The summed E-state index contributed by atoms with van der Waals surface area (Å²) in [5, 5.41) is 35.0. The van der Waals surface area contributed by atoms with Gasteiger partial charge in [-0.25, -0.2) is 0 Å². The normalized spacial score (nSPS) is 12.7. The van der Waals surface area contributed by atoms with Crippen molar-refractivity contribution in [3.63, 3.8) is 0 Å². The Morgan fingerprint density at radius 1 is 0.456 bits per heavy atom. The van der Waals surface area contributed by atoms with Gasteiger partial charge in [-0.05, 0) is 43.9 Å². The van der Waals surface area contributed by atoms with Gasteiger partial charge in [-0.15, -0.1) is 11.4 Å². The van der Waals surface area contributed by atoms with E-state index in [1.54, 1.807) is 0 Å². The summed E-state index contributed by atoms with van der Waals surface area (Å²) in [7, 11) is -3.14. The fraction of sp³-hybridized carbons (Fsp3) is 0.520. The molecule has 0 aliphatic rings. The largest absolute Gasteiger partial charge is 2.00 e. The topological polar surface area (TPSA) is 68.7 Å². The van der Waals surface area contributed by atoms with Crippen molar-refractivity contribution >= 4 is 49.3 Å². The van der Waals surface area contributed by atoms with Crippen LogP contribution in [-0.2, 0) is 38.2 Å². The van der Waals surface area contributed by atoms with Gasteiger partial charge < -0.3 is 20.8 Å². The molecule has 0 heterocycles. The van der Waals surface area contributed by atoms with Crippen LogP contribution in [0.4, 0.5) is 22.7 Å². The number of rotatable bonds is 10. The fourth-order valence-corrected chi connectivity index (χ4v) is 13.3. The molecule has 0 saturated heterocycles. The molecule has 0 atom stereocenters. The van der Waals surface area contributed by atoms with E-state index in [4.69, 9.17) is 10.6 Å². The zero-order chi connectivity index (χ0) is 42.7. The average molecular weight is 852 g/mol. The summed E-state index contributed by atoms with van der Waals surface area (Å²) in [6.45, 7) is 40.3. The maximum Gasteiger partial charge on any atom is 2.00 e. The second-order valence-corrected chi connectivity index (χ2v) is 30.9. The van der Waals surface area contributed by atoms with E-state index in [2.05, 4.69) is 184 Å². The van der Waals surface area contributed by atoms with Gasteiger partial charge in [-0.1, -0.05) is 243 Å². The minimum absolute atomic E-state index is 0. The third-order valence-electron chi connectivity index (χ3n) is 11.0. The molecule has 0 aromatic heterocycles. The van der Waals surface area contributed by atoms with Crippen LogP contribution in [0.25, 0.3) is 10.6 Å². The molecule has 2 N–H and O–H groups in total. The van der Waals surface area contributed by atoms with Crippen LogP contribution in [0.1, 0.15) is 132 Å². The summed E-state index contributed by atoms with van der Waals surface area (Å²) in [6, 6.07) is 27.9. The molecule has 316 valence electrons. The van der Waals surface area contributed by atoms with Crippen LogP contribution in [-0.4, -0.2) is 26.4 Å². The first-order valence-corrected chi connectivity index (χ1v) is 27.3. The molecular formula is C50H76N2NiO2Si2. The van der Waals surface area contributed by atoms with Gasteiger partial charge in [0.05, 0.1) is 16.1 Å². The van der Waals surface area contributed by atoms with Crippen molar-refractivity contribution in [2.45, 2.75) is 170 Å². The van der Waals surface area contributed by atoms with E-state index in [9.17, 15) is 10.2 Å². The van der Waals surface area contributed by atoms with Crippen molar-refractivity contribution in [1.82, 2.24) is 0 Å². The van der Waals surface area contributed by atoms with Crippen molar-refractivity contribution in [2.75, 3.05) is 0 Å². The van der Waals surface area contributed by atoms with Crippen molar-refractivity contribution in [3.05, 3.63) is 106 Å². The van der Waals surface area contributed by atoms with Gasteiger partial charge in [-0.2, -0.15) is 0 Å². The predicted molar refractivity (Wildman–Crippen MR) is 254 cm³/mol. The maximum atomic E-state index is 11.1. The van der Waals surface area contributed by atoms with Gasteiger partial charge in [0.2, 0.25) is 0 Å². The SMILES string of the molecule is CCC[Si](C)(C)c1ccccc1[N-]c1cc(C(C)(C)C)cc(C(C)(C)C)c1O.CCC[Si](C)(C)c1ccccc1[N-]c1cc(C(C)(C)C)cc(C(C)(C)C)c1O.[Ni+2]. The van der Waals surface area contributed by atoms with Crippen molar-refractivity contribution in [3.8, 4) is 11.5 Å². The quantitative estimate of drug-likeness (QED) is 0.156. The number of para-hydroxylation sites is 2. The third kappa shape index (κ3) is 13.0. The molecule has 0 saturated carbocycles. The van der Waals surface area contributed by atoms with Crippen LogP contribution >= 0.6 is 0 Å². The summed E-state index contributed by atoms with van der Waals surface area (Å²) < 4.78 is 0. The number of phenolic OH excluding ortho intramolecular Hbond substituents is 2. The molecule has 4 aromatic carbocycles. The molecule has 4 nitrogen and oxygen atoms in total. The van der Waals surface area contributed by atoms with E-state index in [1.807, 2.05) is 12.1 Å².